The molecule has 0 saturated heterocycles. The fraction of sp³-hybridized carbons (Fsp3) is 0.250. The van der Waals surface area contributed by atoms with Crippen molar-refractivity contribution in [3.05, 3.63) is 35.4 Å². The second kappa shape index (κ2) is 4.72. The van der Waals surface area contributed by atoms with E-state index in [9.17, 15) is 4.79 Å². The molecular weight excluding hydrogens is 262 g/mol. The Morgan fingerprint density at radius 1 is 1.25 bits per heavy atom. The minimum Gasteiger partial charge on any atom is -0.466 e. The Hall–Kier alpha value is -2.77. The third-order valence-electron chi connectivity index (χ3n) is 2.71. The highest BCUT2D eigenvalue weighted by Gasteiger charge is 2.15. The first kappa shape index (κ1) is 12.3. The molecule has 0 aliphatic carbocycles. The topological polar surface area (TPSA) is 99.8 Å². The van der Waals surface area contributed by atoms with Crippen LogP contribution in [0.25, 0.3) is 11.5 Å². The van der Waals surface area contributed by atoms with Crippen LogP contribution in [0.15, 0.2) is 21.1 Å². The molecule has 3 rings (SSSR count). The van der Waals surface area contributed by atoms with Gasteiger partial charge in [-0.05, 0) is 19.9 Å². The molecule has 8 heteroatoms. The van der Waals surface area contributed by atoms with Crippen molar-refractivity contribution in [2.45, 2.75) is 20.4 Å². The van der Waals surface area contributed by atoms with Gasteiger partial charge in [-0.3, -0.25) is 4.79 Å². The Morgan fingerprint density at radius 3 is 2.75 bits per heavy atom. The highest BCUT2D eigenvalue weighted by Crippen LogP contribution is 2.25. The van der Waals surface area contributed by atoms with Crippen LogP contribution >= 0.6 is 0 Å². The number of nitrogens with zero attached hydrogens (tertiary/aromatic N) is 5. The zero-order valence-electron chi connectivity index (χ0n) is 10.9. The Labute approximate surface area is 113 Å². The summed E-state index contributed by atoms with van der Waals surface area (Å²) in [5.74, 6) is 2.27. The number of hydrogen-bond acceptors (Lipinski definition) is 7. The minimum atomic E-state index is 0.254. The molecule has 0 aromatic carbocycles. The fourth-order valence-corrected chi connectivity index (χ4v) is 1.85. The molecule has 0 spiro atoms. The average molecular weight is 273 g/mol. The van der Waals surface area contributed by atoms with Gasteiger partial charge in [0.1, 0.15) is 23.8 Å². The monoisotopic (exact) mass is 273 g/mol. The van der Waals surface area contributed by atoms with Crippen LogP contribution in [0.3, 0.4) is 0 Å². The molecule has 0 fully saturated rings. The summed E-state index contributed by atoms with van der Waals surface area (Å²) < 4.78 is 12.4. The smallest absolute Gasteiger partial charge is 0.251 e. The molecule has 0 N–H and O–H groups in total. The Morgan fingerprint density at radius 2 is 2.10 bits per heavy atom. The minimum absolute atomic E-state index is 0.254. The maximum atomic E-state index is 10.5. The summed E-state index contributed by atoms with van der Waals surface area (Å²) in [6.45, 7) is 3.94. The van der Waals surface area contributed by atoms with Crippen molar-refractivity contribution in [2.24, 2.45) is 0 Å². The molecule has 0 amide bonds. The Kier molecular flexibility index (Phi) is 2.90. The van der Waals surface area contributed by atoms with Gasteiger partial charge in [-0.15, -0.1) is 15.3 Å². The van der Waals surface area contributed by atoms with Crippen molar-refractivity contribution in [1.29, 1.82) is 0 Å². The van der Waals surface area contributed by atoms with Gasteiger partial charge >= 0.3 is 0 Å². The first-order chi connectivity index (χ1) is 9.65. The quantitative estimate of drug-likeness (QED) is 0.662. The molecule has 0 aliphatic heterocycles. The van der Waals surface area contributed by atoms with Gasteiger partial charge in [-0.25, -0.2) is 4.68 Å². The van der Waals surface area contributed by atoms with Gasteiger partial charge in [0.15, 0.2) is 6.29 Å². The van der Waals surface area contributed by atoms with E-state index in [1.54, 1.807) is 0 Å². The van der Waals surface area contributed by atoms with Crippen LogP contribution < -0.4 is 0 Å². The lowest BCUT2D eigenvalue weighted by Crippen LogP contribution is -2.00. The maximum absolute atomic E-state index is 10.5. The summed E-state index contributed by atoms with van der Waals surface area (Å²) in [7, 11) is 0. The van der Waals surface area contributed by atoms with Gasteiger partial charge in [0.25, 0.3) is 5.89 Å². The molecule has 3 heterocycles. The van der Waals surface area contributed by atoms with Gasteiger partial charge in [-0.2, -0.15) is 0 Å². The SMILES string of the molecule is Cc1cc(-c2nnc(Cn3cc(C=O)nn3)o2)c(C)o1. The van der Waals surface area contributed by atoms with Crippen LogP contribution in [0.5, 0.6) is 0 Å². The number of rotatable bonds is 4. The second-order valence-electron chi connectivity index (χ2n) is 4.29. The first-order valence-corrected chi connectivity index (χ1v) is 5.91. The molecule has 20 heavy (non-hydrogen) atoms. The summed E-state index contributed by atoms with van der Waals surface area (Å²) in [6, 6.07) is 1.84. The van der Waals surface area contributed by atoms with E-state index < -0.39 is 0 Å². The molecule has 0 unspecified atom stereocenters. The van der Waals surface area contributed by atoms with Gasteiger partial charge in [0.2, 0.25) is 5.89 Å². The standard InChI is InChI=1S/C12H11N5O3/c1-7-3-10(8(2)19-7)12-15-14-11(20-12)5-17-4-9(6-18)13-16-17/h3-4,6H,5H2,1-2H3. The van der Waals surface area contributed by atoms with E-state index in [1.807, 2.05) is 19.9 Å². The number of hydrogen-bond donors (Lipinski definition) is 0. The van der Waals surface area contributed by atoms with Crippen LogP contribution in [0, 0.1) is 13.8 Å². The predicted octanol–water partition coefficient (Wildman–Crippen LogP) is 1.40. The van der Waals surface area contributed by atoms with Crippen molar-refractivity contribution in [2.75, 3.05) is 0 Å². The largest absolute Gasteiger partial charge is 0.466 e. The number of aryl methyl sites for hydroxylation is 2. The molecule has 0 saturated carbocycles. The lowest BCUT2D eigenvalue weighted by Gasteiger charge is -1.93. The zero-order chi connectivity index (χ0) is 14.1. The summed E-state index contributed by atoms with van der Waals surface area (Å²) in [4.78, 5) is 10.5. The van der Waals surface area contributed by atoms with Crippen molar-refractivity contribution >= 4 is 6.29 Å². The van der Waals surface area contributed by atoms with Gasteiger partial charge < -0.3 is 8.83 Å². The molecule has 102 valence electrons. The third-order valence-corrected chi connectivity index (χ3v) is 2.71. The lowest BCUT2D eigenvalue weighted by atomic mass is 10.2. The van der Waals surface area contributed by atoms with Crippen LogP contribution in [0.4, 0.5) is 0 Å². The predicted molar refractivity (Wildman–Crippen MR) is 66.0 cm³/mol. The summed E-state index contributed by atoms with van der Waals surface area (Å²) in [6.07, 6.45) is 2.13. The lowest BCUT2D eigenvalue weighted by molar-refractivity contribution is 0.111. The summed E-state index contributed by atoms with van der Waals surface area (Å²) in [5.41, 5.74) is 1.03. The van der Waals surface area contributed by atoms with E-state index >= 15 is 0 Å². The molecule has 3 aromatic rings. The average Bonchev–Trinajstić information content (AvgIpc) is 3.11. The summed E-state index contributed by atoms with van der Waals surface area (Å²) in [5, 5.41) is 15.3. The highest BCUT2D eigenvalue weighted by molar-refractivity contribution is 5.70. The van der Waals surface area contributed by atoms with Crippen molar-refractivity contribution in [3.63, 3.8) is 0 Å². The van der Waals surface area contributed by atoms with Gasteiger partial charge in [0.05, 0.1) is 11.8 Å². The molecule has 3 aromatic heterocycles. The molecule has 8 nitrogen and oxygen atoms in total. The van der Waals surface area contributed by atoms with E-state index in [-0.39, 0.29) is 12.2 Å². The number of carbonyl (C=O) groups is 1. The maximum Gasteiger partial charge on any atom is 0.251 e. The zero-order valence-corrected chi connectivity index (χ0v) is 10.9. The fourth-order valence-electron chi connectivity index (χ4n) is 1.85. The van der Waals surface area contributed by atoms with Crippen molar-refractivity contribution in [3.8, 4) is 11.5 Å². The molecule has 0 bridgehead atoms. The van der Waals surface area contributed by atoms with Crippen LogP contribution in [-0.2, 0) is 6.54 Å². The third kappa shape index (κ3) is 2.22. The van der Waals surface area contributed by atoms with Crippen molar-refractivity contribution in [1.82, 2.24) is 25.2 Å². The van der Waals surface area contributed by atoms with Crippen LogP contribution in [0.1, 0.15) is 27.9 Å². The first-order valence-electron chi connectivity index (χ1n) is 5.91. The molecular formula is C12H11N5O3. The van der Waals surface area contributed by atoms with Crippen LogP contribution in [0.2, 0.25) is 0 Å². The van der Waals surface area contributed by atoms with Gasteiger partial charge in [0, 0.05) is 0 Å². The van der Waals surface area contributed by atoms with Crippen molar-refractivity contribution < 1.29 is 13.6 Å². The van der Waals surface area contributed by atoms with E-state index in [1.165, 1.54) is 10.9 Å². The van der Waals surface area contributed by atoms with Gasteiger partial charge in [-0.1, -0.05) is 5.21 Å². The second-order valence-corrected chi connectivity index (χ2v) is 4.29. The normalized spacial score (nSPS) is 10.9. The number of carbonyl (C=O) groups excluding carboxylic acids is 1. The van der Waals surface area contributed by atoms with E-state index in [0.29, 0.717) is 18.1 Å². The molecule has 0 atom stereocenters. The molecule has 0 aliphatic rings. The van der Waals surface area contributed by atoms with E-state index in [2.05, 4.69) is 20.5 Å². The number of furan rings is 1. The van der Waals surface area contributed by atoms with E-state index in [0.717, 1.165) is 17.1 Å². The number of aldehydes is 1. The summed E-state index contributed by atoms with van der Waals surface area (Å²) >= 11 is 0. The van der Waals surface area contributed by atoms with Crippen LogP contribution in [-0.4, -0.2) is 31.5 Å². The Bertz CT molecular complexity index is 755. The highest BCUT2D eigenvalue weighted by atomic mass is 16.4. The Balaban J connectivity index is 1.83. The molecule has 0 radical (unpaired) electrons. The number of aromatic nitrogens is 5. The van der Waals surface area contributed by atoms with E-state index in [4.69, 9.17) is 8.83 Å².